The number of halogens is 1. The number of hydrogen-bond acceptors (Lipinski definition) is 2. The van der Waals surface area contributed by atoms with E-state index in [9.17, 15) is 9.59 Å². The van der Waals surface area contributed by atoms with Gasteiger partial charge in [0.1, 0.15) is 5.38 Å². The summed E-state index contributed by atoms with van der Waals surface area (Å²) < 4.78 is 0. The smallest absolute Gasteiger partial charge is 0.308 e. The van der Waals surface area contributed by atoms with E-state index < -0.39 is 17.3 Å². The van der Waals surface area contributed by atoms with Crippen LogP contribution in [0.25, 0.3) is 0 Å². The molecule has 0 aliphatic heterocycles. The standard InChI is InChI=1S/C13H17ClN2O2/c1-8(2)10-5-4-6-11(7-10)15-13(18)16-12(17)9(3)14/h4-9H,1-3H3,(H2,15,16,17,18). The van der Waals surface area contributed by atoms with Crippen molar-refractivity contribution in [3.63, 3.8) is 0 Å². The molecule has 98 valence electrons. The molecule has 1 aromatic carbocycles. The van der Waals surface area contributed by atoms with Gasteiger partial charge in [-0.1, -0.05) is 26.0 Å². The predicted octanol–water partition coefficient (Wildman–Crippen LogP) is 3.09. The van der Waals surface area contributed by atoms with Crippen molar-refractivity contribution in [1.82, 2.24) is 5.32 Å². The van der Waals surface area contributed by atoms with Gasteiger partial charge in [0, 0.05) is 5.69 Å². The SMILES string of the molecule is CC(Cl)C(=O)NC(=O)Nc1cccc(C(C)C)c1. The largest absolute Gasteiger partial charge is 0.325 e. The van der Waals surface area contributed by atoms with Crippen molar-refractivity contribution < 1.29 is 9.59 Å². The minimum Gasteiger partial charge on any atom is -0.308 e. The van der Waals surface area contributed by atoms with Gasteiger partial charge < -0.3 is 5.32 Å². The molecule has 0 aliphatic rings. The fourth-order valence-electron chi connectivity index (χ4n) is 1.35. The molecule has 3 amide bonds. The molecule has 5 heteroatoms. The molecule has 4 nitrogen and oxygen atoms in total. The van der Waals surface area contributed by atoms with E-state index in [1.165, 1.54) is 6.92 Å². The number of anilines is 1. The van der Waals surface area contributed by atoms with E-state index in [1.807, 2.05) is 18.2 Å². The molecule has 2 N–H and O–H groups in total. The number of amides is 3. The maximum atomic E-state index is 11.5. The maximum absolute atomic E-state index is 11.5. The molecule has 0 saturated carbocycles. The van der Waals surface area contributed by atoms with Gasteiger partial charge in [-0.3, -0.25) is 10.1 Å². The van der Waals surface area contributed by atoms with Gasteiger partial charge in [0.15, 0.2) is 0 Å². The number of imide groups is 1. The van der Waals surface area contributed by atoms with Crippen LogP contribution in [0.4, 0.5) is 10.5 Å². The fourth-order valence-corrected chi connectivity index (χ4v) is 1.40. The summed E-state index contributed by atoms with van der Waals surface area (Å²) in [6, 6.07) is 6.91. The molecule has 1 atom stereocenters. The second kappa shape index (κ2) is 6.40. The first-order valence-electron chi connectivity index (χ1n) is 5.76. The number of hydrogen-bond donors (Lipinski definition) is 2. The van der Waals surface area contributed by atoms with Crippen LogP contribution in [0, 0.1) is 0 Å². The number of benzene rings is 1. The highest BCUT2D eigenvalue weighted by molar-refractivity contribution is 6.31. The van der Waals surface area contributed by atoms with Crippen LogP contribution in [0.2, 0.25) is 0 Å². The molecule has 0 saturated heterocycles. The summed E-state index contributed by atoms with van der Waals surface area (Å²) >= 11 is 5.55. The first kappa shape index (κ1) is 14.5. The zero-order valence-electron chi connectivity index (χ0n) is 10.7. The Morgan fingerprint density at radius 1 is 1.22 bits per heavy atom. The van der Waals surface area contributed by atoms with Crippen molar-refractivity contribution in [2.75, 3.05) is 5.32 Å². The Morgan fingerprint density at radius 3 is 2.44 bits per heavy atom. The zero-order valence-corrected chi connectivity index (χ0v) is 11.4. The summed E-state index contributed by atoms with van der Waals surface area (Å²) in [4.78, 5) is 22.7. The molecule has 1 unspecified atom stereocenters. The van der Waals surface area contributed by atoms with Crippen LogP contribution >= 0.6 is 11.6 Å². The van der Waals surface area contributed by atoms with Gasteiger partial charge in [0.25, 0.3) is 0 Å². The number of alkyl halides is 1. The lowest BCUT2D eigenvalue weighted by atomic mass is 10.0. The van der Waals surface area contributed by atoms with Gasteiger partial charge in [0.2, 0.25) is 5.91 Å². The summed E-state index contributed by atoms with van der Waals surface area (Å²) in [5.41, 5.74) is 1.76. The second-order valence-corrected chi connectivity index (χ2v) is 4.99. The lowest BCUT2D eigenvalue weighted by molar-refractivity contribution is -0.119. The van der Waals surface area contributed by atoms with Crippen molar-refractivity contribution in [3.05, 3.63) is 29.8 Å². The quantitative estimate of drug-likeness (QED) is 0.828. The topological polar surface area (TPSA) is 58.2 Å². The van der Waals surface area contributed by atoms with Crippen LogP contribution in [0.5, 0.6) is 0 Å². The highest BCUT2D eigenvalue weighted by Crippen LogP contribution is 2.18. The van der Waals surface area contributed by atoms with Gasteiger partial charge in [-0.05, 0) is 30.5 Å². The normalized spacial score (nSPS) is 12.1. The van der Waals surface area contributed by atoms with E-state index in [-0.39, 0.29) is 0 Å². The maximum Gasteiger partial charge on any atom is 0.325 e. The minimum absolute atomic E-state index is 0.374. The molecular weight excluding hydrogens is 252 g/mol. The van der Waals surface area contributed by atoms with Crippen LogP contribution in [0.15, 0.2) is 24.3 Å². The summed E-state index contributed by atoms with van der Waals surface area (Å²) in [5.74, 6) is -0.145. The first-order chi connectivity index (χ1) is 8.40. The van der Waals surface area contributed by atoms with E-state index >= 15 is 0 Å². The zero-order chi connectivity index (χ0) is 13.7. The number of carbonyl (C=O) groups is 2. The Morgan fingerprint density at radius 2 is 1.89 bits per heavy atom. The molecule has 0 aromatic heterocycles. The van der Waals surface area contributed by atoms with Crippen LogP contribution in [-0.2, 0) is 4.79 Å². The van der Waals surface area contributed by atoms with E-state index in [0.717, 1.165) is 5.56 Å². The number of urea groups is 1. The average molecular weight is 269 g/mol. The lowest BCUT2D eigenvalue weighted by Crippen LogP contribution is -2.38. The Kier molecular flexibility index (Phi) is 5.16. The minimum atomic E-state index is -0.738. The predicted molar refractivity (Wildman–Crippen MR) is 73.0 cm³/mol. The Bertz CT molecular complexity index is 444. The Hall–Kier alpha value is -1.55. The van der Waals surface area contributed by atoms with E-state index in [0.29, 0.717) is 11.6 Å². The third kappa shape index (κ3) is 4.37. The monoisotopic (exact) mass is 268 g/mol. The first-order valence-corrected chi connectivity index (χ1v) is 6.19. The third-order valence-electron chi connectivity index (χ3n) is 2.41. The van der Waals surface area contributed by atoms with Crippen LogP contribution in [-0.4, -0.2) is 17.3 Å². The van der Waals surface area contributed by atoms with Crippen LogP contribution < -0.4 is 10.6 Å². The number of nitrogens with one attached hydrogen (secondary N) is 2. The molecule has 0 heterocycles. The average Bonchev–Trinajstić information content (AvgIpc) is 2.28. The van der Waals surface area contributed by atoms with E-state index in [2.05, 4.69) is 24.5 Å². The summed E-state index contributed by atoms with van der Waals surface area (Å²) in [5, 5.41) is 4.01. The number of carbonyl (C=O) groups excluding carboxylic acids is 2. The molecule has 18 heavy (non-hydrogen) atoms. The van der Waals surface area contributed by atoms with Crippen molar-refractivity contribution in [2.45, 2.75) is 32.1 Å². The Labute approximate surface area is 112 Å². The highest BCUT2D eigenvalue weighted by atomic mass is 35.5. The van der Waals surface area contributed by atoms with Gasteiger partial charge in [-0.15, -0.1) is 11.6 Å². The van der Waals surface area contributed by atoms with Gasteiger partial charge in [0.05, 0.1) is 0 Å². The van der Waals surface area contributed by atoms with E-state index in [4.69, 9.17) is 11.6 Å². The molecule has 0 aliphatic carbocycles. The molecular formula is C13H17ClN2O2. The molecule has 1 rings (SSSR count). The molecule has 1 aromatic rings. The van der Waals surface area contributed by atoms with Gasteiger partial charge >= 0.3 is 6.03 Å². The van der Waals surface area contributed by atoms with E-state index in [1.54, 1.807) is 6.07 Å². The summed E-state index contributed by atoms with van der Waals surface area (Å²) in [6.45, 7) is 5.64. The van der Waals surface area contributed by atoms with Crippen molar-refractivity contribution in [2.24, 2.45) is 0 Å². The van der Waals surface area contributed by atoms with Crippen molar-refractivity contribution >= 4 is 29.2 Å². The second-order valence-electron chi connectivity index (χ2n) is 4.34. The van der Waals surface area contributed by atoms with Crippen LogP contribution in [0.1, 0.15) is 32.3 Å². The van der Waals surface area contributed by atoms with Crippen LogP contribution in [0.3, 0.4) is 0 Å². The van der Waals surface area contributed by atoms with Crippen molar-refractivity contribution in [1.29, 1.82) is 0 Å². The molecule has 0 fully saturated rings. The molecule has 0 spiro atoms. The number of rotatable bonds is 3. The lowest BCUT2D eigenvalue weighted by Gasteiger charge is -2.10. The highest BCUT2D eigenvalue weighted by Gasteiger charge is 2.13. The molecule has 0 bridgehead atoms. The van der Waals surface area contributed by atoms with Crippen molar-refractivity contribution in [3.8, 4) is 0 Å². The van der Waals surface area contributed by atoms with Gasteiger partial charge in [-0.25, -0.2) is 4.79 Å². The molecule has 0 radical (unpaired) electrons. The fraction of sp³-hybridized carbons (Fsp3) is 0.385. The Balaban J connectivity index is 2.65. The summed E-state index contributed by atoms with van der Waals surface area (Å²) in [7, 11) is 0. The third-order valence-corrected chi connectivity index (χ3v) is 2.61. The summed E-state index contributed by atoms with van der Waals surface area (Å²) in [6.07, 6.45) is 0. The van der Waals surface area contributed by atoms with Gasteiger partial charge in [-0.2, -0.15) is 0 Å².